The van der Waals surface area contributed by atoms with E-state index >= 15 is 0 Å². The number of rotatable bonds is 6. The van der Waals surface area contributed by atoms with Crippen molar-refractivity contribution >= 4 is 45.8 Å². The molecule has 1 aliphatic heterocycles. The molecule has 0 bridgehead atoms. The summed E-state index contributed by atoms with van der Waals surface area (Å²) in [7, 11) is 0. The Morgan fingerprint density at radius 2 is 1.49 bits per heavy atom. The molecular weight excluding hydrogens is 467 g/mol. The molecule has 0 saturated heterocycles. The van der Waals surface area contributed by atoms with Gasteiger partial charge in [0.05, 0.1) is 0 Å². The average Bonchev–Trinajstić information content (AvgIpc) is 2.87. The first-order valence-electron chi connectivity index (χ1n) is 11.1. The topological polar surface area (TPSA) is 57.7 Å². The Balaban J connectivity index is 1.39. The van der Waals surface area contributed by atoms with Gasteiger partial charge in [0.15, 0.2) is 0 Å². The first-order valence-corrected chi connectivity index (χ1v) is 11.5. The van der Waals surface area contributed by atoms with Gasteiger partial charge < -0.3 is 4.90 Å². The van der Waals surface area contributed by atoms with Crippen LogP contribution in [-0.4, -0.2) is 35.7 Å². The van der Waals surface area contributed by atoms with Crippen molar-refractivity contribution in [3.8, 4) is 0 Å². The molecule has 0 spiro atoms. The molecule has 4 aromatic rings. The highest BCUT2D eigenvalue weighted by atomic mass is 35.5. The van der Waals surface area contributed by atoms with E-state index < -0.39 is 5.82 Å². The van der Waals surface area contributed by atoms with Crippen molar-refractivity contribution in [2.75, 3.05) is 18.0 Å². The van der Waals surface area contributed by atoms with Gasteiger partial charge in [-0.05, 0) is 66.4 Å². The number of anilines is 1. The highest BCUT2D eigenvalue weighted by molar-refractivity contribution is 6.30. The van der Waals surface area contributed by atoms with E-state index in [9.17, 15) is 18.8 Å². The predicted molar refractivity (Wildman–Crippen MR) is 133 cm³/mol. The first-order chi connectivity index (χ1) is 16.9. The van der Waals surface area contributed by atoms with Gasteiger partial charge in [-0.1, -0.05) is 41.9 Å². The highest BCUT2D eigenvalue weighted by Crippen LogP contribution is 2.30. The van der Waals surface area contributed by atoms with Crippen molar-refractivity contribution in [1.29, 1.82) is 0 Å². The second-order valence-electron chi connectivity index (χ2n) is 8.27. The lowest BCUT2D eigenvalue weighted by molar-refractivity contribution is 0.0610. The van der Waals surface area contributed by atoms with E-state index in [2.05, 4.69) is 0 Å². The summed E-state index contributed by atoms with van der Waals surface area (Å²) in [5.74, 6) is -1.53. The second kappa shape index (κ2) is 9.31. The summed E-state index contributed by atoms with van der Waals surface area (Å²) in [6.45, 7) is 0.288. The average molecular weight is 487 g/mol. The van der Waals surface area contributed by atoms with Crippen molar-refractivity contribution in [1.82, 2.24) is 4.90 Å². The third-order valence-corrected chi connectivity index (χ3v) is 6.33. The Morgan fingerprint density at radius 3 is 2.11 bits per heavy atom. The van der Waals surface area contributed by atoms with Crippen molar-refractivity contribution in [3.05, 3.63) is 112 Å². The lowest BCUT2D eigenvalue weighted by Gasteiger charge is -2.29. The number of amides is 3. The van der Waals surface area contributed by atoms with Crippen molar-refractivity contribution in [2.24, 2.45) is 0 Å². The lowest BCUT2D eigenvalue weighted by atomic mass is 9.94. The Hall–Kier alpha value is -4.03. The molecule has 1 aliphatic rings. The van der Waals surface area contributed by atoms with E-state index in [-0.39, 0.29) is 30.8 Å². The minimum absolute atomic E-state index is 0.113. The van der Waals surface area contributed by atoms with Crippen molar-refractivity contribution < 1.29 is 18.8 Å². The van der Waals surface area contributed by atoms with Gasteiger partial charge in [0, 0.05) is 45.9 Å². The molecule has 7 heteroatoms. The summed E-state index contributed by atoms with van der Waals surface area (Å²) in [5.41, 5.74) is 1.75. The Kier molecular flexibility index (Phi) is 6.05. The highest BCUT2D eigenvalue weighted by Gasteiger charge is 2.32. The fourth-order valence-corrected chi connectivity index (χ4v) is 4.54. The van der Waals surface area contributed by atoms with Gasteiger partial charge in [-0.25, -0.2) is 4.39 Å². The number of hydrogen-bond acceptors (Lipinski definition) is 3. The number of carbonyl (C=O) groups excluding carboxylic acids is 3. The fraction of sp³-hybridized carbons (Fsp3) is 0.107. The molecule has 0 aromatic heterocycles. The van der Waals surface area contributed by atoms with E-state index in [0.29, 0.717) is 39.2 Å². The lowest BCUT2D eigenvalue weighted by Crippen LogP contribution is -2.42. The maximum atomic E-state index is 14.0. The number of imide groups is 1. The standard InChI is InChI=1S/C28H20ClFN2O3/c29-20-13-11-19(12-14-20)26(33)31(22-8-3-7-21(30)17-22)15-4-16-32-27(34)23-9-1-5-18-6-2-10-24(25(18)23)28(32)35/h1-3,5-14,17H,4,15-16H2. The number of nitrogens with zero attached hydrogens (tertiary/aromatic N) is 2. The van der Waals surface area contributed by atoms with Crippen LogP contribution in [0.4, 0.5) is 10.1 Å². The molecule has 0 N–H and O–H groups in total. The molecule has 3 amide bonds. The number of carbonyl (C=O) groups is 3. The SMILES string of the molecule is O=C1c2cccc3cccc(c23)C(=O)N1CCCN(C(=O)c1ccc(Cl)cc1)c1cccc(F)c1. The monoisotopic (exact) mass is 486 g/mol. The van der Waals surface area contributed by atoms with Crippen LogP contribution in [0, 0.1) is 5.82 Å². The molecule has 5 rings (SSSR count). The molecule has 4 aromatic carbocycles. The zero-order valence-corrected chi connectivity index (χ0v) is 19.3. The Bertz CT molecular complexity index is 1420. The largest absolute Gasteiger partial charge is 0.308 e. The van der Waals surface area contributed by atoms with Crippen LogP contribution in [0.2, 0.25) is 5.02 Å². The molecule has 0 unspecified atom stereocenters. The summed E-state index contributed by atoms with van der Waals surface area (Å²) >= 11 is 5.95. The maximum Gasteiger partial charge on any atom is 0.261 e. The van der Waals surface area contributed by atoms with Crippen LogP contribution in [0.3, 0.4) is 0 Å². The summed E-state index contributed by atoms with van der Waals surface area (Å²) < 4.78 is 14.0. The molecule has 0 radical (unpaired) electrons. The quantitative estimate of drug-likeness (QED) is 0.316. The summed E-state index contributed by atoms with van der Waals surface area (Å²) in [5, 5.41) is 2.00. The van der Waals surface area contributed by atoms with Gasteiger partial charge in [-0.2, -0.15) is 0 Å². The van der Waals surface area contributed by atoms with Gasteiger partial charge in [-0.15, -0.1) is 0 Å². The van der Waals surface area contributed by atoms with Gasteiger partial charge >= 0.3 is 0 Å². The van der Waals surface area contributed by atoms with Crippen LogP contribution in [-0.2, 0) is 0 Å². The van der Waals surface area contributed by atoms with E-state index in [1.54, 1.807) is 54.6 Å². The van der Waals surface area contributed by atoms with Crippen molar-refractivity contribution in [2.45, 2.75) is 6.42 Å². The Labute approximate surface area is 206 Å². The van der Waals surface area contributed by atoms with Crippen LogP contribution >= 0.6 is 11.6 Å². The number of hydrogen-bond donors (Lipinski definition) is 0. The number of benzene rings is 4. The maximum absolute atomic E-state index is 14.0. The molecule has 0 fully saturated rings. The zero-order valence-electron chi connectivity index (χ0n) is 18.6. The molecule has 0 aliphatic carbocycles. The summed E-state index contributed by atoms with van der Waals surface area (Å²) in [6, 6.07) is 23.0. The van der Waals surface area contributed by atoms with Crippen LogP contribution < -0.4 is 4.90 Å². The predicted octanol–water partition coefficient (Wildman–Crippen LogP) is 5.97. The van der Waals surface area contributed by atoms with Crippen LogP contribution in [0.1, 0.15) is 37.5 Å². The molecule has 1 heterocycles. The van der Waals surface area contributed by atoms with Gasteiger partial charge in [0.1, 0.15) is 5.82 Å². The van der Waals surface area contributed by atoms with Crippen LogP contribution in [0.15, 0.2) is 84.9 Å². The number of halogens is 2. The molecule has 174 valence electrons. The summed E-state index contributed by atoms with van der Waals surface area (Å²) in [6.07, 6.45) is 0.311. The summed E-state index contributed by atoms with van der Waals surface area (Å²) in [4.78, 5) is 42.2. The minimum atomic E-state index is -0.470. The van der Waals surface area contributed by atoms with Gasteiger partial charge in [0.2, 0.25) is 0 Å². The minimum Gasteiger partial charge on any atom is -0.308 e. The fourth-order valence-electron chi connectivity index (χ4n) is 4.41. The van der Waals surface area contributed by atoms with E-state index in [0.717, 1.165) is 5.39 Å². The smallest absolute Gasteiger partial charge is 0.261 e. The molecule has 35 heavy (non-hydrogen) atoms. The normalized spacial score (nSPS) is 12.8. The van der Waals surface area contributed by atoms with Gasteiger partial charge in [0.25, 0.3) is 17.7 Å². The molecule has 0 saturated carbocycles. The first kappa shape index (κ1) is 22.7. The zero-order chi connectivity index (χ0) is 24.5. The van der Waals surface area contributed by atoms with Gasteiger partial charge in [-0.3, -0.25) is 19.3 Å². The van der Waals surface area contributed by atoms with E-state index in [1.807, 2.05) is 12.1 Å². The molecule has 5 nitrogen and oxygen atoms in total. The van der Waals surface area contributed by atoms with Crippen LogP contribution in [0.5, 0.6) is 0 Å². The van der Waals surface area contributed by atoms with Crippen molar-refractivity contribution in [3.63, 3.8) is 0 Å². The second-order valence-corrected chi connectivity index (χ2v) is 8.70. The van der Waals surface area contributed by atoms with Crippen LogP contribution in [0.25, 0.3) is 10.8 Å². The molecular formula is C28H20ClFN2O3. The Morgan fingerprint density at radius 1 is 0.857 bits per heavy atom. The third-order valence-electron chi connectivity index (χ3n) is 6.08. The third kappa shape index (κ3) is 4.29. The molecule has 0 atom stereocenters. The van der Waals surface area contributed by atoms with E-state index in [4.69, 9.17) is 11.6 Å². The van der Waals surface area contributed by atoms with E-state index in [1.165, 1.54) is 28.0 Å².